The summed E-state index contributed by atoms with van der Waals surface area (Å²) in [7, 11) is 0. The molecule has 86 valence electrons. The second-order valence-corrected chi connectivity index (χ2v) is 3.71. The van der Waals surface area contributed by atoms with Crippen LogP contribution in [-0.2, 0) is 4.74 Å². The van der Waals surface area contributed by atoms with Gasteiger partial charge in [-0.25, -0.2) is 17.6 Å². The maximum Gasteiger partial charge on any atom is 0.269 e. The van der Waals surface area contributed by atoms with E-state index in [2.05, 4.69) is 0 Å². The van der Waals surface area contributed by atoms with Gasteiger partial charge in [0.15, 0.2) is 6.17 Å². The van der Waals surface area contributed by atoms with Crippen LogP contribution in [0.5, 0.6) is 0 Å². The summed E-state index contributed by atoms with van der Waals surface area (Å²) in [4.78, 5) is 0. The van der Waals surface area contributed by atoms with Crippen molar-refractivity contribution in [2.24, 2.45) is 0 Å². The number of hydrogen-bond donors (Lipinski definition) is 0. The Hall–Kier alpha value is -0.320. The summed E-state index contributed by atoms with van der Waals surface area (Å²) in [6.45, 7) is 4.09. The molecule has 0 rings (SSSR count). The smallest absolute Gasteiger partial charge is 0.269 e. The lowest BCUT2D eigenvalue weighted by molar-refractivity contribution is -0.0771. The van der Waals surface area contributed by atoms with Gasteiger partial charge in [-0.3, -0.25) is 0 Å². The van der Waals surface area contributed by atoms with E-state index in [0.717, 1.165) is 0 Å². The molecular formula is C9H16F4O. The van der Waals surface area contributed by atoms with E-state index < -0.39 is 30.8 Å². The van der Waals surface area contributed by atoms with Crippen LogP contribution < -0.4 is 0 Å². The van der Waals surface area contributed by atoms with Crippen molar-refractivity contribution in [2.75, 3.05) is 6.61 Å². The van der Waals surface area contributed by atoms with Gasteiger partial charge in [0.2, 0.25) is 0 Å². The monoisotopic (exact) mass is 216 g/mol. The second-order valence-electron chi connectivity index (χ2n) is 3.71. The van der Waals surface area contributed by atoms with Crippen LogP contribution in [0, 0.1) is 0 Å². The normalized spacial score (nSPS) is 17.1. The van der Waals surface area contributed by atoms with Crippen LogP contribution in [0.1, 0.15) is 27.2 Å². The van der Waals surface area contributed by atoms with Crippen molar-refractivity contribution >= 4 is 0 Å². The molecule has 0 aromatic carbocycles. The first-order valence-electron chi connectivity index (χ1n) is 4.47. The zero-order valence-electron chi connectivity index (χ0n) is 8.57. The van der Waals surface area contributed by atoms with E-state index in [1.807, 2.05) is 0 Å². The standard InChI is InChI=1S/C9H16F4O/c1-6(10)9(2,3)14-5-4-7(11)8(12)13/h6-8H,4-5H2,1-3H3. The van der Waals surface area contributed by atoms with Gasteiger partial charge in [-0.05, 0) is 20.8 Å². The maximum atomic E-state index is 12.8. The zero-order chi connectivity index (χ0) is 11.4. The van der Waals surface area contributed by atoms with Crippen LogP contribution in [0.15, 0.2) is 0 Å². The Morgan fingerprint density at radius 1 is 1.14 bits per heavy atom. The van der Waals surface area contributed by atoms with E-state index in [9.17, 15) is 17.6 Å². The number of rotatable bonds is 6. The van der Waals surface area contributed by atoms with Crippen molar-refractivity contribution in [1.29, 1.82) is 0 Å². The van der Waals surface area contributed by atoms with Gasteiger partial charge in [-0.2, -0.15) is 0 Å². The number of hydrogen-bond acceptors (Lipinski definition) is 1. The molecule has 0 radical (unpaired) electrons. The van der Waals surface area contributed by atoms with E-state index in [-0.39, 0.29) is 6.61 Å². The molecule has 0 aliphatic rings. The van der Waals surface area contributed by atoms with Gasteiger partial charge >= 0.3 is 0 Å². The van der Waals surface area contributed by atoms with E-state index >= 15 is 0 Å². The minimum atomic E-state index is -3.00. The predicted molar refractivity (Wildman–Crippen MR) is 46.1 cm³/mol. The first-order chi connectivity index (χ1) is 6.27. The van der Waals surface area contributed by atoms with E-state index in [4.69, 9.17) is 4.74 Å². The Morgan fingerprint density at radius 2 is 1.64 bits per heavy atom. The highest BCUT2D eigenvalue weighted by molar-refractivity contribution is 4.75. The third kappa shape index (κ3) is 4.79. The van der Waals surface area contributed by atoms with Gasteiger partial charge in [-0.15, -0.1) is 0 Å². The SMILES string of the molecule is CC(F)C(C)(C)OCCC(F)C(F)F. The predicted octanol–water partition coefficient (Wildman–Crippen LogP) is 3.13. The van der Waals surface area contributed by atoms with Crippen LogP contribution in [0.4, 0.5) is 17.6 Å². The number of alkyl halides is 4. The topological polar surface area (TPSA) is 9.23 Å². The van der Waals surface area contributed by atoms with Gasteiger partial charge < -0.3 is 4.74 Å². The summed E-state index contributed by atoms with van der Waals surface area (Å²) >= 11 is 0. The molecule has 0 fully saturated rings. The molecule has 2 unspecified atom stereocenters. The highest BCUT2D eigenvalue weighted by Gasteiger charge is 2.27. The molecule has 0 bridgehead atoms. The van der Waals surface area contributed by atoms with Crippen molar-refractivity contribution in [3.63, 3.8) is 0 Å². The average Bonchev–Trinajstić information content (AvgIpc) is 2.03. The van der Waals surface area contributed by atoms with Crippen LogP contribution in [0.3, 0.4) is 0 Å². The molecule has 0 spiro atoms. The minimum absolute atomic E-state index is 0.202. The number of halogens is 4. The molecule has 2 atom stereocenters. The summed E-state index contributed by atoms with van der Waals surface area (Å²) < 4.78 is 53.5. The largest absolute Gasteiger partial charge is 0.372 e. The van der Waals surface area contributed by atoms with Gasteiger partial charge in [0.25, 0.3) is 6.43 Å². The Labute approximate surface area is 81.4 Å². The molecule has 0 heterocycles. The van der Waals surface area contributed by atoms with Gasteiger partial charge in [0, 0.05) is 6.42 Å². The molecule has 0 aliphatic carbocycles. The summed E-state index contributed by atoms with van der Waals surface area (Å²) in [5, 5.41) is 0. The molecule has 0 saturated carbocycles. The molecule has 0 N–H and O–H groups in total. The summed E-state index contributed by atoms with van der Waals surface area (Å²) in [6.07, 6.45) is -6.83. The third-order valence-corrected chi connectivity index (χ3v) is 2.10. The molecular weight excluding hydrogens is 200 g/mol. The molecule has 1 nitrogen and oxygen atoms in total. The van der Waals surface area contributed by atoms with Gasteiger partial charge in [-0.1, -0.05) is 0 Å². The van der Waals surface area contributed by atoms with E-state index in [0.29, 0.717) is 0 Å². The highest BCUT2D eigenvalue weighted by Crippen LogP contribution is 2.19. The van der Waals surface area contributed by atoms with Crippen molar-refractivity contribution < 1.29 is 22.3 Å². The first kappa shape index (κ1) is 13.7. The van der Waals surface area contributed by atoms with Crippen molar-refractivity contribution in [1.82, 2.24) is 0 Å². The summed E-state index contributed by atoms with van der Waals surface area (Å²) in [5.74, 6) is 0. The molecule has 14 heavy (non-hydrogen) atoms. The zero-order valence-corrected chi connectivity index (χ0v) is 8.57. The second kappa shape index (κ2) is 5.53. The van der Waals surface area contributed by atoms with E-state index in [1.165, 1.54) is 20.8 Å². The molecule has 0 amide bonds. The summed E-state index contributed by atoms with van der Waals surface area (Å²) in [5.41, 5.74) is -1.05. The molecule has 0 aromatic heterocycles. The fraction of sp³-hybridized carbons (Fsp3) is 1.00. The van der Waals surface area contributed by atoms with Crippen molar-refractivity contribution in [3.8, 4) is 0 Å². The van der Waals surface area contributed by atoms with E-state index in [1.54, 1.807) is 0 Å². The fourth-order valence-corrected chi connectivity index (χ4v) is 0.675. The van der Waals surface area contributed by atoms with Crippen LogP contribution in [0.25, 0.3) is 0 Å². The first-order valence-corrected chi connectivity index (χ1v) is 4.47. The van der Waals surface area contributed by atoms with Crippen molar-refractivity contribution in [2.45, 2.75) is 51.6 Å². The minimum Gasteiger partial charge on any atom is -0.372 e. The van der Waals surface area contributed by atoms with Gasteiger partial charge in [0.05, 0.1) is 12.2 Å². The highest BCUT2D eigenvalue weighted by atomic mass is 19.3. The number of ether oxygens (including phenoxy) is 1. The van der Waals surface area contributed by atoms with Crippen molar-refractivity contribution in [3.05, 3.63) is 0 Å². The lowest BCUT2D eigenvalue weighted by Crippen LogP contribution is -2.35. The quantitative estimate of drug-likeness (QED) is 0.620. The molecule has 5 heteroatoms. The van der Waals surface area contributed by atoms with Gasteiger partial charge in [0.1, 0.15) is 6.17 Å². The average molecular weight is 216 g/mol. The Bertz CT molecular complexity index is 159. The maximum absolute atomic E-state index is 12.8. The lowest BCUT2D eigenvalue weighted by atomic mass is 10.0. The van der Waals surface area contributed by atoms with Crippen LogP contribution in [0.2, 0.25) is 0 Å². The third-order valence-electron chi connectivity index (χ3n) is 2.10. The molecule has 0 aromatic rings. The van der Waals surface area contributed by atoms with Crippen LogP contribution >= 0.6 is 0 Å². The lowest BCUT2D eigenvalue weighted by Gasteiger charge is -2.27. The fourth-order valence-electron chi connectivity index (χ4n) is 0.675. The Morgan fingerprint density at radius 3 is 2.00 bits per heavy atom. The molecule has 0 saturated heterocycles. The molecule has 0 aliphatic heterocycles. The Kier molecular flexibility index (Phi) is 5.41. The summed E-state index contributed by atoms with van der Waals surface area (Å²) in [6, 6.07) is 0. The Balaban J connectivity index is 3.74. The van der Waals surface area contributed by atoms with Crippen LogP contribution in [-0.4, -0.2) is 31.0 Å².